The molecule has 0 radical (unpaired) electrons. The molecule has 0 aliphatic carbocycles. The Morgan fingerprint density at radius 2 is 1.66 bits per heavy atom. The molecular weight excluding hydrogens is 398 g/mol. The zero-order chi connectivity index (χ0) is 22.5. The number of hydrogen-bond donors (Lipinski definition) is 0. The monoisotopic (exact) mass is 427 g/mol. The molecule has 3 aromatic carbocycles. The summed E-state index contributed by atoms with van der Waals surface area (Å²) in [4.78, 5) is 15.1. The number of hydrogen-bond acceptors (Lipinski definition) is 3. The predicted octanol–water partition coefficient (Wildman–Crippen LogP) is 6.21. The summed E-state index contributed by atoms with van der Waals surface area (Å²) in [6.45, 7) is 7.90. The summed E-state index contributed by atoms with van der Waals surface area (Å²) in [5.41, 5.74) is 4.66. The summed E-state index contributed by atoms with van der Waals surface area (Å²) in [6.07, 6.45) is 1.95. The van der Waals surface area contributed by atoms with Gasteiger partial charge in [0, 0.05) is 17.7 Å². The molecule has 0 bridgehead atoms. The fourth-order valence-electron chi connectivity index (χ4n) is 3.90. The van der Waals surface area contributed by atoms with Crippen LogP contribution in [0.1, 0.15) is 37.5 Å². The van der Waals surface area contributed by atoms with Gasteiger partial charge in [-0.15, -0.1) is 0 Å². The first-order chi connectivity index (χ1) is 15.6. The fourth-order valence-corrected chi connectivity index (χ4v) is 3.90. The first-order valence-electron chi connectivity index (χ1n) is 11.1. The molecule has 0 N–H and O–H groups in total. The number of para-hydroxylation sites is 1. The van der Waals surface area contributed by atoms with Gasteiger partial charge in [0.25, 0.3) is 5.91 Å². The minimum Gasteiger partial charge on any atom is -0.490 e. The summed E-state index contributed by atoms with van der Waals surface area (Å²) in [7, 11) is 0. The van der Waals surface area contributed by atoms with Crippen LogP contribution >= 0.6 is 0 Å². The van der Waals surface area contributed by atoms with Crippen LogP contribution in [0.5, 0.6) is 11.5 Å². The zero-order valence-corrected chi connectivity index (χ0v) is 18.9. The van der Waals surface area contributed by atoms with E-state index in [1.807, 2.05) is 90.7 Å². The van der Waals surface area contributed by atoms with Crippen LogP contribution in [0.3, 0.4) is 0 Å². The van der Waals surface area contributed by atoms with Crippen molar-refractivity contribution >= 4 is 23.2 Å². The quantitative estimate of drug-likeness (QED) is 0.401. The molecule has 1 heterocycles. The molecule has 4 heteroatoms. The highest BCUT2D eigenvalue weighted by molar-refractivity contribution is 6.35. The molecular formula is C28H29NO3. The number of rotatable bonds is 8. The Morgan fingerprint density at radius 1 is 0.906 bits per heavy atom. The third-order valence-electron chi connectivity index (χ3n) is 5.32. The van der Waals surface area contributed by atoms with Crippen molar-refractivity contribution in [1.82, 2.24) is 0 Å². The molecule has 0 saturated heterocycles. The van der Waals surface area contributed by atoms with Crippen molar-refractivity contribution in [1.29, 1.82) is 0 Å². The number of carbonyl (C=O) groups is 1. The molecule has 3 aromatic rings. The standard InChI is InChI=1S/C28H29NO3/c1-4-31-27-17-22(14-15-26(27)32-19-21-10-6-5-7-11-21)16-24-23-12-8-9-13-25(23)29(28(24)30)18-20(2)3/h5-17,20H,4,18-19H2,1-3H3/b24-16-. The summed E-state index contributed by atoms with van der Waals surface area (Å²) in [5.74, 6) is 1.80. The van der Waals surface area contributed by atoms with Crippen molar-refractivity contribution in [3.8, 4) is 11.5 Å². The lowest BCUT2D eigenvalue weighted by Crippen LogP contribution is -2.30. The lowest BCUT2D eigenvalue weighted by molar-refractivity contribution is -0.113. The maximum Gasteiger partial charge on any atom is 0.259 e. The van der Waals surface area contributed by atoms with Crippen molar-refractivity contribution in [3.63, 3.8) is 0 Å². The summed E-state index contributed by atoms with van der Waals surface area (Å²) in [5, 5.41) is 0. The highest BCUT2D eigenvalue weighted by Gasteiger charge is 2.32. The van der Waals surface area contributed by atoms with Crippen molar-refractivity contribution in [3.05, 3.63) is 89.5 Å². The molecule has 0 aromatic heterocycles. The van der Waals surface area contributed by atoms with Crippen molar-refractivity contribution in [2.75, 3.05) is 18.1 Å². The van der Waals surface area contributed by atoms with Crippen LogP contribution in [0.15, 0.2) is 72.8 Å². The van der Waals surface area contributed by atoms with E-state index in [2.05, 4.69) is 13.8 Å². The molecule has 32 heavy (non-hydrogen) atoms. The van der Waals surface area contributed by atoms with Crippen LogP contribution in [-0.4, -0.2) is 19.1 Å². The van der Waals surface area contributed by atoms with Gasteiger partial charge in [-0.05, 0) is 48.2 Å². The van der Waals surface area contributed by atoms with E-state index in [4.69, 9.17) is 9.47 Å². The lowest BCUT2D eigenvalue weighted by Gasteiger charge is -2.19. The third-order valence-corrected chi connectivity index (χ3v) is 5.32. The second kappa shape index (κ2) is 9.73. The molecule has 4 nitrogen and oxygen atoms in total. The van der Waals surface area contributed by atoms with Crippen LogP contribution in [0.25, 0.3) is 11.6 Å². The maximum atomic E-state index is 13.2. The first kappa shape index (κ1) is 21.7. The van der Waals surface area contributed by atoms with E-state index in [1.54, 1.807) is 0 Å². The highest BCUT2D eigenvalue weighted by atomic mass is 16.5. The number of anilines is 1. The van der Waals surface area contributed by atoms with Crippen LogP contribution in [-0.2, 0) is 11.4 Å². The predicted molar refractivity (Wildman–Crippen MR) is 130 cm³/mol. The van der Waals surface area contributed by atoms with Gasteiger partial charge in [0.05, 0.1) is 12.3 Å². The number of ether oxygens (including phenoxy) is 2. The van der Waals surface area contributed by atoms with Crippen molar-refractivity contribution in [2.45, 2.75) is 27.4 Å². The fraction of sp³-hybridized carbons (Fsp3) is 0.250. The number of nitrogens with zero attached hydrogens (tertiary/aromatic N) is 1. The van der Waals surface area contributed by atoms with Gasteiger partial charge in [0.15, 0.2) is 11.5 Å². The Morgan fingerprint density at radius 3 is 2.41 bits per heavy atom. The van der Waals surface area contributed by atoms with E-state index in [0.717, 1.165) is 22.4 Å². The van der Waals surface area contributed by atoms with Crippen LogP contribution in [0.2, 0.25) is 0 Å². The Labute approximate surface area is 190 Å². The summed E-state index contributed by atoms with van der Waals surface area (Å²) >= 11 is 0. The molecule has 1 aliphatic rings. The zero-order valence-electron chi connectivity index (χ0n) is 18.9. The second-order valence-electron chi connectivity index (χ2n) is 8.30. The van der Waals surface area contributed by atoms with Crippen LogP contribution < -0.4 is 14.4 Å². The molecule has 1 aliphatic heterocycles. The van der Waals surface area contributed by atoms with E-state index < -0.39 is 0 Å². The van der Waals surface area contributed by atoms with Gasteiger partial charge in [-0.25, -0.2) is 0 Å². The van der Waals surface area contributed by atoms with E-state index >= 15 is 0 Å². The van der Waals surface area contributed by atoms with Gasteiger partial charge in [-0.3, -0.25) is 4.79 Å². The van der Waals surface area contributed by atoms with E-state index in [0.29, 0.717) is 42.7 Å². The van der Waals surface area contributed by atoms with Crippen molar-refractivity contribution in [2.24, 2.45) is 5.92 Å². The summed E-state index contributed by atoms with van der Waals surface area (Å²) in [6, 6.07) is 23.9. The minimum absolute atomic E-state index is 0.0438. The van der Waals surface area contributed by atoms with E-state index in [1.165, 1.54) is 0 Å². The minimum atomic E-state index is 0.0438. The molecule has 0 fully saturated rings. The van der Waals surface area contributed by atoms with E-state index in [-0.39, 0.29) is 5.91 Å². The van der Waals surface area contributed by atoms with Gasteiger partial charge in [-0.1, -0.05) is 68.4 Å². The van der Waals surface area contributed by atoms with E-state index in [9.17, 15) is 4.79 Å². The van der Waals surface area contributed by atoms with Crippen LogP contribution in [0.4, 0.5) is 5.69 Å². The third kappa shape index (κ3) is 4.70. The molecule has 0 unspecified atom stereocenters. The Balaban J connectivity index is 1.63. The molecule has 0 spiro atoms. The SMILES string of the molecule is CCOc1cc(/C=C2\C(=O)N(CC(C)C)c3ccccc32)ccc1OCc1ccccc1. The van der Waals surface area contributed by atoms with Gasteiger partial charge >= 0.3 is 0 Å². The van der Waals surface area contributed by atoms with Gasteiger partial charge < -0.3 is 14.4 Å². The van der Waals surface area contributed by atoms with Gasteiger partial charge in [0.1, 0.15) is 6.61 Å². The number of amides is 1. The smallest absolute Gasteiger partial charge is 0.259 e. The average Bonchev–Trinajstić information content (AvgIpc) is 3.05. The average molecular weight is 428 g/mol. The summed E-state index contributed by atoms with van der Waals surface area (Å²) < 4.78 is 11.9. The van der Waals surface area contributed by atoms with Crippen LogP contribution in [0, 0.1) is 5.92 Å². The Hall–Kier alpha value is -3.53. The largest absolute Gasteiger partial charge is 0.490 e. The molecule has 0 saturated carbocycles. The first-order valence-corrected chi connectivity index (χ1v) is 11.1. The molecule has 164 valence electrons. The number of benzene rings is 3. The second-order valence-corrected chi connectivity index (χ2v) is 8.30. The normalized spacial score (nSPS) is 14.2. The van der Waals surface area contributed by atoms with Crippen molar-refractivity contribution < 1.29 is 14.3 Å². The number of carbonyl (C=O) groups excluding carboxylic acids is 1. The lowest BCUT2D eigenvalue weighted by atomic mass is 10.0. The topological polar surface area (TPSA) is 38.8 Å². The maximum absolute atomic E-state index is 13.2. The Bertz CT molecular complexity index is 1120. The highest BCUT2D eigenvalue weighted by Crippen LogP contribution is 2.39. The molecule has 0 atom stereocenters. The number of fused-ring (bicyclic) bond motifs is 1. The molecule has 4 rings (SSSR count). The molecule has 1 amide bonds. The Kier molecular flexibility index (Phi) is 6.60. The van der Waals surface area contributed by atoms with Gasteiger partial charge in [-0.2, -0.15) is 0 Å². The van der Waals surface area contributed by atoms with Gasteiger partial charge in [0.2, 0.25) is 0 Å².